The molecule has 0 spiro atoms. The first-order chi connectivity index (χ1) is 8.38. The summed E-state index contributed by atoms with van der Waals surface area (Å²) in [6.45, 7) is 2.50. The number of aromatic nitrogens is 2. The Hall–Kier alpha value is -1.75. The van der Waals surface area contributed by atoms with Crippen LogP contribution in [0.25, 0.3) is 0 Å². The largest absolute Gasteiger partial charge is 0.477 e. The molecule has 1 aromatic carbocycles. The van der Waals surface area contributed by atoms with E-state index in [4.69, 9.17) is 4.74 Å². The molecule has 0 aliphatic rings. The molecule has 0 saturated heterocycles. The van der Waals surface area contributed by atoms with Crippen molar-refractivity contribution in [2.45, 2.75) is 11.8 Å². The number of hydrogen-bond donors (Lipinski definition) is 1. The number of ether oxygens (including phenoxy) is 1. The molecule has 2 rings (SSSR count). The van der Waals surface area contributed by atoms with E-state index in [0.29, 0.717) is 18.3 Å². The quantitative estimate of drug-likeness (QED) is 0.823. The van der Waals surface area contributed by atoms with E-state index in [1.54, 1.807) is 12.4 Å². The Morgan fingerprint density at radius 1 is 1.24 bits per heavy atom. The second-order valence-corrected chi connectivity index (χ2v) is 4.07. The van der Waals surface area contributed by atoms with Gasteiger partial charge in [0.2, 0.25) is 5.88 Å². The van der Waals surface area contributed by atoms with E-state index in [2.05, 4.69) is 14.7 Å². The van der Waals surface area contributed by atoms with Gasteiger partial charge in [0, 0.05) is 4.90 Å². The second kappa shape index (κ2) is 6.10. The molecule has 0 amide bonds. The summed E-state index contributed by atoms with van der Waals surface area (Å²) in [5.74, 6) is 1.22. The highest BCUT2D eigenvalue weighted by Gasteiger charge is 1.99. The average molecular weight is 247 g/mol. The van der Waals surface area contributed by atoms with Crippen molar-refractivity contribution in [1.29, 1.82) is 0 Å². The average Bonchev–Trinajstić information content (AvgIpc) is 2.39. The van der Waals surface area contributed by atoms with Crippen LogP contribution < -0.4 is 9.46 Å². The highest BCUT2D eigenvalue weighted by Crippen LogP contribution is 2.19. The Morgan fingerprint density at radius 2 is 2.06 bits per heavy atom. The van der Waals surface area contributed by atoms with Gasteiger partial charge < -0.3 is 9.46 Å². The molecule has 2 aromatic rings. The van der Waals surface area contributed by atoms with Crippen LogP contribution in [0.1, 0.15) is 6.92 Å². The predicted octanol–water partition coefficient (Wildman–Crippen LogP) is 2.99. The van der Waals surface area contributed by atoms with Gasteiger partial charge in [-0.05, 0) is 31.0 Å². The van der Waals surface area contributed by atoms with Gasteiger partial charge in [0.25, 0.3) is 0 Å². The molecule has 0 aliphatic heterocycles. The van der Waals surface area contributed by atoms with Gasteiger partial charge in [-0.25, -0.2) is 0 Å². The molecule has 0 bridgehead atoms. The predicted molar refractivity (Wildman–Crippen MR) is 69.1 cm³/mol. The zero-order valence-electron chi connectivity index (χ0n) is 9.46. The topological polar surface area (TPSA) is 47.0 Å². The Morgan fingerprint density at radius 3 is 2.82 bits per heavy atom. The van der Waals surface area contributed by atoms with Crippen LogP contribution in [-0.2, 0) is 0 Å². The van der Waals surface area contributed by atoms with Crippen LogP contribution in [0.2, 0.25) is 0 Å². The van der Waals surface area contributed by atoms with Crippen LogP contribution in [0.3, 0.4) is 0 Å². The summed E-state index contributed by atoms with van der Waals surface area (Å²) < 4.78 is 8.40. The number of anilines is 1. The van der Waals surface area contributed by atoms with Gasteiger partial charge in [0.15, 0.2) is 5.82 Å². The fraction of sp³-hybridized carbons (Fsp3) is 0.167. The number of nitrogens with zero attached hydrogens (tertiary/aromatic N) is 2. The van der Waals surface area contributed by atoms with Crippen LogP contribution in [0.5, 0.6) is 5.88 Å². The van der Waals surface area contributed by atoms with Crippen LogP contribution in [0.15, 0.2) is 47.6 Å². The molecule has 1 aromatic heterocycles. The van der Waals surface area contributed by atoms with E-state index in [9.17, 15) is 0 Å². The summed E-state index contributed by atoms with van der Waals surface area (Å²) in [4.78, 5) is 9.43. The number of rotatable bonds is 5. The molecule has 0 saturated carbocycles. The monoisotopic (exact) mass is 247 g/mol. The van der Waals surface area contributed by atoms with Crippen molar-refractivity contribution < 1.29 is 4.74 Å². The first-order valence-electron chi connectivity index (χ1n) is 5.31. The van der Waals surface area contributed by atoms with Gasteiger partial charge in [-0.3, -0.25) is 4.98 Å². The van der Waals surface area contributed by atoms with Crippen LogP contribution >= 0.6 is 11.9 Å². The van der Waals surface area contributed by atoms with E-state index in [0.717, 1.165) is 4.90 Å². The molecule has 4 nitrogen and oxygen atoms in total. The van der Waals surface area contributed by atoms with E-state index in [1.807, 2.05) is 37.3 Å². The van der Waals surface area contributed by atoms with Crippen molar-refractivity contribution in [3.8, 4) is 5.88 Å². The second-order valence-electron chi connectivity index (χ2n) is 3.19. The maximum atomic E-state index is 5.28. The Labute approximate surface area is 105 Å². The minimum absolute atomic E-state index is 0.533. The first-order valence-corrected chi connectivity index (χ1v) is 6.13. The lowest BCUT2D eigenvalue weighted by Crippen LogP contribution is -1.98. The standard InChI is InChI=1S/C12H13N3OS/c1-2-16-12-9-13-8-11(14-12)15-17-10-6-4-3-5-7-10/h3-9H,2H2,1H3,(H,14,15). The van der Waals surface area contributed by atoms with Gasteiger partial charge in [-0.15, -0.1) is 0 Å². The van der Waals surface area contributed by atoms with Crippen molar-refractivity contribution in [1.82, 2.24) is 9.97 Å². The summed E-state index contributed by atoms with van der Waals surface area (Å²) >= 11 is 1.49. The Kier molecular flexibility index (Phi) is 4.21. The van der Waals surface area contributed by atoms with E-state index >= 15 is 0 Å². The highest BCUT2D eigenvalue weighted by atomic mass is 32.2. The lowest BCUT2D eigenvalue weighted by atomic mass is 10.4. The smallest absolute Gasteiger partial charge is 0.234 e. The minimum atomic E-state index is 0.533. The summed E-state index contributed by atoms with van der Waals surface area (Å²) in [5, 5.41) is 0. The van der Waals surface area contributed by atoms with Crippen LogP contribution in [-0.4, -0.2) is 16.6 Å². The van der Waals surface area contributed by atoms with Crippen LogP contribution in [0, 0.1) is 0 Å². The van der Waals surface area contributed by atoms with Gasteiger partial charge in [0.1, 0.15) is 0 Å². The Balaban J connectivity index is 1.97. The molecule has 1 N–H and O–H groups in total. The summed E-state index contributed by atoms with van der Waals surface area (Å²) in [6, 6.07) is 10.0. The van der Waals surface area contributed by atoms with Crippen molar-refractivity contribution in [3.05, 3.63) is 42.7 Å². The molecule has 17 heavy (non-hydrogen) atoms. The molecule has 0 unspecified atom stereocenters. The lowest BCUT2D eigenvalue weighted by molar-refractivity contribution is 0.326. The third-order valence-electron chi connectivity index (χ3n) is 1.92. The van der Waals surface area contributed by atoms with E-state index in [-0.39, 0.29) is 0 Å². The fourth-order valence-electron chi connectivity index (χ4n) is 1.21. The van der Waals surface area contributed by atoms with Gasteiger partial charge in [-0.2, -0.15) is 4.98 Å². The van der Waals surface area contributed by atoms with Crippen molar-refractivity contribution in [2.75, 3.05) is 11.3 Å². The summed E-state index contributed by atoms with van der Waals surface area (Å²) in [6.07, 6.45) is 3.26. The molecule has 0 fully saturated rings. The molecule has 0 aliphatic carbocycles. The third kappa shape index (κ3) is 3.64. The maximum absolute atomic E-state index is 5.28. The van der Waals surface area contributed by atoms with Crippen molar-refractivity contribution in [3.63, 3.8) is 0 Å². The Bertz CT molecular complexity index is 464. The molecule has 88 valence electrons. The van der Waals surface area contributed by atoms with E-state index < -0.39 is 0 Å². The van der Waals surface area contributed by atoms with Crippen molar-refractivity contribution >= 4 is 17.8 Å². The molecular formula is C12H13N3OS. The maximum Gasteiger partial charge on any atom is 0.234 e. The van der Waals surface area contributed by atoms with Gasteiger partial charge in [-0.1, -0.05) is 18.2 Å². The van der Waals surface area contributed by atoms with Gasteiger partial charge in [0.05, 0.1) is 19.0 Å². The lowest BCUT2D eigenvalue weighted by Gasteiger charge is -2.06. The van der Waals surface area contributed by atoms with Crippen molar-refractivity contribution in [2.24, 2.45) is 0 Å². The molecule has 0 atom stereocenters. The SMILES string of the molecule is CCOc1cncc(NSc2ccccc2)n1. The first kappa shape index (κ1) is 11.7. The molecular weight excluding hydrogens is 234 g/mol. The molecule has 5 heteroatoms. The van der Waals surface area contributed by atoms with Crippen LogP contribution in [0.4, 0.5) is 5.82 Å². The van der Waals surface area contributed by atoms with E-state index in [1.165, 1.54) is 11.9 Å². The zero-order valence-corrected chi connectivity index (χ0v) is 10.3. The highest BCUT2D eigenvalue weighted by molar-refractivity contribution is 8.00. The molecule has 1 heterocycles. The van der Waals surface area contributed by atoms with Gasteiger partial charge >= 0.3 is 0 Å². The zero-order chi connectivity index (χ0) is 11.9. The fourth-order valence-corrected chi connectivity index (χ4v) is 1.83. The number of benzene rings is 1. The third-order valence-corrected chi connectivity index (χ3v) is 2.74. The number of hydrogen-bond acceptors (Lipinski definition) is 5. The summed E-state index contributed by atoms with van der Waals surface area (Å²) in [5.41, 5.74) is 0. The number of nitrogens with one attached hydrogen (secondary N) is 1. The molecule has 0 radical (unpaired) electrons. The normalized spacial score (nSPS) is 9.94. The minimum Gasteiger partial charge on any atom is -0.477 e. The summed E-state index contributed by atoms with van der Waals surface area (Å²) in [7, 11) is 0.